The van der Waals surface area contributed by atoms with Gasteiger partial charge < -0.3 is 4.74 Å². The van der Waals surface area contributed by atoms with E-state index in [2.05, 4.69) is 0 Å². The van der Waals surface area contributed by atoms with Gasteiger partial charge in [0.15, 0.2) is 0 Å². The summed E-state index contributed by atoms with van der Waals surface area (Å²) in [5.41, 5.74) is 1.36. The second-order valence-electron chi connectivity index (χ2n) is 5.00. The molecule has 0 saturated carbocycles. The second-order valence-corrected chi connectivity index (χ2v) is 5.91. The summed E-state index contributed by atoms with van der Waals surface area (Å²) in [5.74, 6) is -0.413. The molecule has 1 aliphatic carbocycles. The average molecular weight is 327 g/mol. The van der Waals surface area contributed by atoms with Gasteiger partial charge in [-0.1, -0.05) is 6.08 Å². The van der Waals surface area contributed by atoms with E-state index in [9.17, 15) is 17.6 Å². The van der Waals surface area contributed by atoms with Gasteiger partial charge in [-0.15, -0.1) is 0 Å². The van der Waals surface area contributed by atoms with E-state index in [1.807, 2.05) is 6.08 Å². The summed E-state index contributed by atoms with van der Waals surface area (Å²) < 4.78 is 42.5. The molecule has 0 fully saturated rings. The molecule has 0 amide bonds. The minimum Gasteiger partial charge on any atom is -0.468 e. The molecule has 1 aliphatic rings. The topological polar surface area (TPSA) is 63.7 Å². The van der Waals surface area contributed by atoms with Crippen molar-refractivity contribution in [3.05, 3.63) is 41.7 Å². The maximum Gasteiger partial charge on any atom is 0.293 e. The molecule has 1 atom stereocenters. The van der Waals surface area contributed by atoms with Crippen LogP contribution in [0.15, 0.2) is 35.9 Å². The molecule has 0 N–H and O–H groups in total. The lowest BCUT2D eigenvalue weighted by Crippen LogP contribution is -2.37. The Labute approximate surface area is 130 Å². The van der Waals surface area contributed by atoms with Crippen molar-refractivity contribution in [2.24, 2.45) is 0 Å². The quantitative estimate of drug-likeness (QED) is 0.361. The number of hydrogen-bond acceptors (Lipinski definition) is 4. The van der Waals surface area contributed by atoms with Crippen LogP contribution in [0.3, 0.4) is 0 Å². The van der Waals surface area contributed by atoms with Gasteiger partial charge in [0.25, 0.3) is 6.47 Å². The fourth-order valence-electron chi connectivity index (χ4n) is 2.67. The predicted molar refractivity (Wildman–Crippen MR) is 81.5 cm³/mol. The van der Waals surface area contributed by atoms with Crippen LogP contribution in [0.25, 0.3) is 0 Å². The van der Waals surface area contributed by atoms with Crippen molar-refractivity contribution in [2.45, 2.75) is 31.7 Å². The number of allylic oxidation sites excluding steroid dienone is 1. The Morgan fingerprint density at radius 2 is 2.05 bits per heavy atom. The van der Waals surface area contributed by atoms with Gasteiger partial charge in [0.1, 0.15) is 5.82 Å². The molecule has 0 radical (unpaired) electrons. The summed E-state index contributed by atoms with van der Waals surface area (Å²) in [4.78, 5) is 10.2. The molecule has 0 aliphatic heterocycles. The van der Waals surface area contributed by atoms with Crippen LogP contribution in [0.1, 0.15) is 25.7 Å². The molecule has 0 spiro atoms. The number of hydrogen-bond donors (Lipinski definition) is 1. The molecule has 0 bridgehead atoms. The number of carbonyl (C=O) groups excluding carboxylic acids is 1. The zero-order valence-electron chi connectivity index (χ0n) is 12.0. The monoisotopic (exact) mass is 327 g/mol. The number of rotatable bonds is 7. The van der Waals surface area contributed by atoms with Crippen molar-refractivity contribution in [2.75, 3.05) is 10.9 Å². The number of halogens is 1. The van der Waals surface area contributed by atoms with Crippen molar-refractivity contribution in [1.29, 1.82) is 0 Å². The van der Waals surface area contributed by atoms with Crippen molar-refractivity contribution < 1.29 is 22.3 Å². The standard InChI is InChI=1S/C15H18FNO4S/c16-13-5-7-14(8-6-13)17(22(19)20)15-4-2-1-3-12(15)9-10-21-11-18/h3,5-8,11,15,22H,1-2,4,9-10H2. The smallest absolute Gasteiger partial charge is 0.293 e. The number of thiol groups is 1. The summed E-state index contributed by atoms with van der Waals surface area (Å²) in [5, 5.41) is 0. The summed E-state index contributed by atoms with van der Waals surface area (Å²) in [6, 6.07) is 5.07. The van der Waals surface area contributed by atoms with Crippen LogP contribution in [0.5, 0.6) is 0 Å². The third-order valence-corrected chi connectivity index (χ3v) is 4.52. The first kappa shape index (κ1) is 16.5. The largest absolute Gasteiger partial charge is 0.468 e. The van der Waals surface area contributed by atoms with E-state index in [0.717, 1.165) is 18.4 Å². The first-order chi connectivity index (χ1) is 10.6. The Hall–Kier alpha value is -1.89. The fraction of sp³-hybridized carbons (Fsp3) is 0.400. The normalized spacial score (nSPS) is 17.9. The van der Waals surface area contributed by atoms with E-state index in [1.54, 1.807) is 0 Å². The van der Waals surface area contributed by atoms with Crippen LogP contribution < -0.4 is 4.31 Å². The summed E-state index contributed by atoms with van der Waals surface area (Å²) >= 11 is 0. The predicted octanol–water partition coefficient (Wildman–Crippen LogP) is 2.20. The Morgan fingerprint density at radius 3 is 2.68 bits per heavy atom. The number of ether oxygens (including phenoxy) is 1. The van der Waals surface area contributed by atoms with Gasteiger partial charge in [-0.2, -0.15) is 0 Å². The second kappa shape index (κ2) is 7.93. The van der Waals surface area contributed by atoms with Gasteiger partial charge in [-0.05, 0) is 49.1 Å². The molecule has 2 rings (SSSR count). The lowest BCUT2D eigenvalue weighted by Gasteiger charge is -2.32. The first-order valence-electron chi connectivity index (χ1n) is 7.06. The Morgan fingerprint density at radius 1 is 1.32 bits per heavy atom. The molecular weight excluding hydrogens is 309 g/mol. The summed E-state index contributed by atoms with van der Waals surface area (Å²) in [6.07, 6.45) is 4.93. The molecule has 0 heterocycles. The number of carbonyl (C=O) groups is 1. The molecule has 0 saturated heterocycles. The zero-order chi connectivity index (χ0) is 15.9. The number of anilines is 1. The van der Waals surface area contributed by atoms with Crippen LogP contribution in [0.4, 0.5) is 10.1 Å². The minimum atomic E-state index is -2.86. The van der Waals surface area contributed by atoms with Gasteiger partial charge >= 0.3 is 0 Å². The van der Waals surface area contributed by atoms with Gasteiger partial charge in [-0.3, -0.25) is 9.10 Å². The highest BCUT2D eigenvalue weighted by atomic mass is 32.2. The third-order valence-electron chi connectivity index (χ3n) is 3.66. The van der Waals surface area contributed by atoms with Crippen molar-refractivity contribution >= 4 is 23.0 Å². The van der Waals surface area contributed by atoms with E-state index in [-0.39, 0.29) is 12.6 Å². The Balaban J connectivity index is 2.25. The average Bonchev–Trinajstić information content (AvgIpc) is 2.51. The van der Waals surface area contributed by atoms with E-state index in [1.165, 1.54) is 28.6 Å². The van der Waals surface area contributed by atoms with E-state index < -0.39 is 16.7 Å². The van der Waals surface area contributed by atoms with E-state index >= 15 is 0 Å². The molecule has 1 aromatic carbocycles. The van der Waals surface area contributed by atoms with Crippen LogP contribution in [-0.4, -0.2) is 27.5 Å². The van der Waals surface area contributed by atoms with Crippen LogP contribution in [0, 0.1) is 5.82 Å². The summed E-state index contributed by atoms with van der Waals surface area (Å²) in [6.45, 7) is 0.600. The number of benzene rings is 1. The highest BCUT2D eigenvalue weighted by Gasteiger charge is 2.26. The lowest BCUT2D eigenvalue weighted by molar-refractivity contribution is -0.128. The highest BCUT2D eigenvalue weighted by molar-refractivity contribution is 7.74. The maximum absolute atomic E-state index is 13.0. The first-order valence-corrected chi connectivity index (χ1v) is 8.20. The molecule has 0 aromatic heterocycles. The fourth-order valence-corrected chi connectivity index (χ4v) is 3.49. The van der Waals surface area contributed by atoms with Crippen molar-refractivity contribution in [3.8, 4) is 0 Å². The zero-order valence-corrected chi connectivity index (χ0v) is 12.9. The van der Waals surface area contributed by atoms with E-state index in [0.29, 0.717) is 25.0 Å². The Bertz CT molecular complexity index is 604. The molecule has 22 heavy (non-hydrogen) atoms. The van der Waals surface area contributed by atoms with Gasteiger partial charge in [0, 0.05) is 6.42 Å². The molecule has 120 valence electrons. The third kappa shape index (κ3) is 4.07. The van der Waals surface area contributed by atoms with Gasteiger partial charge in [0.05, 0.1) is 18.3 Å². The highest BCUT2D eigenvalue weighted by Crippen LogP contribution is 2.30. The lowest BCUT2D eigenvalue weighted by atomic mass is 9.92. The van der Waals surface area contributed by atoms with Crippen LogP contribution >= 0.6 is 0 Å². The van der Waals surface area contributed by atoms with Gasteiger partial charge in [-0.25, -0.2) is 12.8 Å². The SMILES string of the molecule is O=COCCC1=CCCCC1N(c1ccc(F)cc1)[SH](=O)=O. The summed E-state index contributed by atoms with van der Waals surface area (Å²) in [7, 11) is -2.86. The van der Waals surface area contributed by atoms with E-state index in [4.69, 9.17) is 4.74 Å². The molecular formula is C15H18FNO4S. The molecule has 7 heteroatoms. The molecule has 1 unspecified atom stereocenters. The minimum absolute atomic E-state index is 0.221. The van der Waals surface area contributed by atoms with Crippen LogP contribution in [0.2, 0.25) is 0 Å². The van der Waals surface area contributed by atoms with Gasteiger partial charge in [0.2, 0.25) is 10.9 Å². The van der Waals surface area contributed by atoms with Crippen molar-refractivity contribution in [1.82, 2.24) is 0 Å². The van der Waals surface area contributed by atoms with Crippen LogP contribution in [-0.2, 0) is 20.4 Å². The molecule has 5 nitrogen and oxygen atoms in total. The number of nitrogens with zero attached hydrogens (tertiary/aromatic N) is 1. The Kier molecular flexibility index (Phi) is 5.94. The molecule has 1 aromatic rings. The van der Waals surface area contributed by atoms with Crippen molar-refractivity contribution in [3.63, 3.8) is 0 Å². The maximum atomic E-state index is 13.0.